The van der Waals surface area contributed by atoms with Gasteiger partial charge in [0.15, 0.2) is 0 Å². The van der Waals surface area contributed by atoms with Gasteiger partial charge < -0.3 is 5.73 Å². The fourth-order valence-electron chi connectivity index (χ4n) is 1.43. The third kappa shape index (κ3) is 2.55. The molecule has 1 heterocycles. The topological polar surface area (TPSA) is 26.0 Å². The van der Waals surface area contributed by atoms with Gasteiger partial charge in [-0.1, -0.05) is 11.6 Å². The second kappa shape index (κ2) is 4.85. The zero-order chi connectivity index (χ0) is 10.8. The minimum atomic E-state index is -0.436. The van der Waals surface area contributed by atoms with E-state index in [4.69, 9.17) is 17.3 Å². The fourth-order valence-corrected chi connectivity index (χ4v) is 4.76. The van der Waals surface area contributed by atoms with E-state index < -0.39 is 5.82 Å². The minimum absolute atomic E-state index is 0.182. The maximum absolute atomic E-state index is 13.1. The molecule has 0 atom stereocenters. The fraction of sp³-hybridized carbons (Fsp3) is 0.400. The molecular weight excluding hydrogens is 253 g/mol. The van der Waals surface area contributed by atoms with Crippen LogP contribution in [0.1, 0.15) is 16.6 Å². The van der Waals surface area contributed by atoms with E-state index in [0.717, 1.165) is 17.1 Å². The molecule has 0 bridgehead atoms. The van der Waals surface area contributed by atoms with Crippen LogP contribution in [0.15, 0.2) is 12.1 Å². The Hall–Kier alpha value is -0.0600. The lowest BCUT2D eigenvalue weighted by Gasteiger charge is -2.22. The van der Waals surface area contributed by atoms with E-state index in [1.807, 2.05) is 23.5 Å². The first kappa shape index (κ1) is 11.4. The Morgan fingerprint density at radius 3 is 2.67 bits per heavy atom. The van der Waals surface area contributed by atoms with E-state index in [2.05, 4.69) is 0 Å². The molecule has 0 unspecified atom stereocenters. The summed E-state index contributed by atoms with van der Waals surface area (Å²) in [5, 5.41) is 0.480. The summed E-state index contributed by atoms with van der Waals surface area (Å²) in [5.74, 6) is 1.82. The number of nitrogens with two attached hydrogens (primary N) is 1. The summed E-state index contributed by atoms with van der Waals surface area (Å²) in [7, 11) is 0. The third-order valence-corrected chi connectivity index (χ3v) is 5.50. The summed E-state index contributed by atoms with van der Waals surface area (Å²) in [6.07, 6.45) is 1.22. The maximum Gasteiger partial charge on any atom is 0.147 e. The van der Waals surface area contributed by atoms with Crippen molar-refractivity contribution in [2.45, 2.75) is 11.0 Å². The van der Waals surface area contributed by atoms with Gasteiger partial charge in [-0.2, -0.15) is 0 Å². The van der Waals surface area contributed by atoms with Crippen LogP contribution in [0, 0.1) is 5.82 Å². The Morgan fingerprint density at radius 2 is 2.00 bits per heavy atom. The van der Waals surface area contributed by atoms with Crippen molar-refractivity contribution in [2.75, 3.05) is 17.2 Å². The van der Waals surface area contributed by atoms with E-state index in [-0.39, 0.29) is 5.69 Å². The number of thioether (sulfide) groups is 2. The normalized spacial score (nSPS) is 18.0. The number of nitrogen functional groups attached to an aromatic ring is 1. The number of hydrogen-bond acceptors (Lipinski definition) is 3. The van der Waals surface area contributed by atoms with Gasteiger partial charge in [0, 0.05) is 5.02 Å². The molecule has 5 heteroatoms. The van der Waals surface area contributed by atoms with E-state index in [1.165, 1.54) is 12.5 Å². The summed E-state index contributed by atoms with van der Waals surface area (Å²) in [6.45, 7) is 0. The molecule has 1 nitrogen and oxygen atoms in total. The Morgan fingerprint density at radius 1 is 1.33 bits per heavy atom. The van der Waals surface area contributed by atoms with Crippen LogP contribution < -0.4 is 5.73 Å². The van der Waals surface area contributed by atoms with Gasteiger partial charge in [-0.15, -0.1) is 23.5 Å². The zero-order valence-corrected chi connectivity index (χ0v) is 10.4. The van der Waals surface area contributed by atoms with Gasteiger partial charge in [-0.3, -0.25) is 0 Å². The Balaban J connectivity index is 2.30. The van der Waals surface area contributed by atoms with E-state index in [9.17, 15) is 4.39 Å². The molecular formula is C10H11ClFNS2. The van der Waals surface area contributed by atoms with Gasteiger partial charge in [-0.05, 0) is 35.6 Å². The monoisotopic (exact) mass is 263 g/mol. The molecule has 15 heavy (non-hydrogen) atoms. The maximum atomic E-state index is 13.1. The predicted octanol–water partition coefficient (Wildman–Crippen LogP) is 3.93. The average Bonchev–Trinajstić information content (AvgIpc) is 2.25. The van der Waals surface area contributed by atoms with E-state index in [1.54, 1.807) is 6.07 Å². The van der Waals surface area contributed by atoms with E-state index in [0.29, 0.717) is 9.60 Å². The van der Waals surface area contributed by atoms with Crippen LogP contribution in [0.25, 0.3) is 0 Å². The molecule has 1 aromatic rings. The van der Waals surface area contributed by atoms with Gasteiger partial charge in [0.1, 0.15) is 5.82 Å². The molecule has 1 aliphatic heterocycles. The van der Waals surface area contributed by atoms with Crippen LogP contribution in [0.2, 0.25) is 5.02 Å². The van der Waals surface area contributed by atoms with Gasteiger partial charge in [0.05, 0.1) is 10.3 Å². The molecule has 0 radical (unpaired) electrons. The number of benzene rings is 1. The molecule has 2 rings (SSSR count). The van der Waals surface area contributed by atoms with Crippen LogP contribution in [0.3, 0.4) is 0 Å². The molecule has 2 N–H and O–H groups in total. The summed E-state index contributed by atoms with van der Waals surface area (Å²) >= 11 is 9.70. The highest BCUT2D eigenvalue weighted by Gasteiger charge is 2.20. The van der Waals surface area contributed by atoms with Gasteiger partial charge in [0.2, 0.25) is 0 Å². The number of hydrogen-bond donors (Lipinski definition) is 1. The second-order valence-electron chi connectivity index (χ2n) is 3.32. The summed E-state index contributed by atoms with van der Waals surface area (Å²) in [5.41, 5.74) is 6.67. The molecule has 1 aliphatic rings. The molecule has 0 amide bonds. The predicted molar refractivity (Wildman–Crippen MR) is 68.1 cm³/mol. The second-order valence-corrected chi connectivity index (χ2v) is 6.45. The van der Waals surface area contributed by atoms with Crippen molar-refractivity contribution in [2.24, 2.45) is 0 Å². The quantitative estimate of drug-likeness (QED) is 0.778. The molecule has 1 saturated heterocycles. The Bertz CT molecular complexity index is 367. The summed E-state index contributed by atoms with van der Waals surface area (Å²) in [4.78, 5) is 0. The smallest absolute Gasteiger partial charge is 0.147 e. The zero-order valence-electron chi connectivity index (χ0n) is 8.00. The third-order valence-electron chi connectivity index (χ3n) is 2.20. The van der Waals surface area contributed by atoms with Gasteiger partial charge in [0.25, 0.3) is 0 Å². The highest BCUT2D eigenvalue weighted by atomic mass is 35.5. The van der Waals surface area contributed by atoms with Crippen molar-refractivity contribution < 1.29 is 4.39 Å². The SMILES string of the molecule is Nc1cc(C2SCCCS2)c(Cl)cc1F. The first-order valence-corrected chi connectivity index (χ1v) is 7.13. The highest BCUT2D eigenvalue weighted by molar-refractivity contribution is 8.16. The van der Waals surface area contributed by atoms with Gasteiger partial charge in [-0.25, -0.2) is 4.39 Å². The van der Waals surface area contributed by atoms with Crippen LogP contribution in [0.5, 0.6) is 0 Å². The van der Waals surface area contributed by atoms with Gasteiger partial charge >= 0.3 is 0 Å². The molecule has 0 spiro atoms. The lowest BCUT2D eigenvalue weighted by Crippen LogP contribution is -2.02. The van der Waals surface area contributed by atoms with Crippen LogP contribution in [0.4, 0.5) is 10.1 Å². The number of rotatable bonds is 1. The molecule has 0 aliphatic carbocycles. The lowest BCUT2D eigenvalue weighted by atomic mass is 10.2. The van der Waals surface area contributed by atoms with Crippen molar-refractivity contribution in [3.05, 3.63) is 28.5 Å². The minimum Gasteiger partial charge on any atom is -0.396 e. The molecule has 0 saturated carbocycles. The summed E-state index contributed by atoms with van der Waals surface area (Å²) < 4.78 is 13.4. The first-order chi connectivity index (χ1) is 7.18. The Labute approximate surface area is 102 Å². The molecule has 1 fully saturated rings. The van der Waals surface area contributed by atoms with Crippen molar-refractivity contribution in [3.63, 3.8) is 0 Å². The number of halogens is 2. The van der Waals surface area contributed by atoms with Crippen molar-refractivity contribution in [1.29, 1.82) is 0 Å². The van der Waals surface area contributed by atoms with E-state index >= 15 is 0 Å². The van der Waals surface area contributed by atoms with Crippen LogP contribution in [-0.4, -0.2) is 11.5 Å². The van der Waals surface area contributed by atoms with Crippen LogP contribution in [-0.2, 0) is 0 Å². The van der Waals surface area contributed by atoms with Crippen molar-refractivity contribution >= 4 is 40.8 Å². The summed E-state index contributed by atoms with van der Waals surface area (Å²) in [6, 6.07) is 2.97. The van der Waals surface area contributed by atoms with Crippen molar-refractivity contribution in [1.82, 2.24) is 0 Å². The average molecular weight is 264 g/mol. The standard InChI is InChI=1S/C10H11ClFNS2/c11-7-5-8(12)9(13)4-6(7)10-14-2-1-3-15-10/h4-5,10H,1-3,13H2. The molecule has 0 aromatic heterocycles. The largest absolute Gasteiger partial charge is 0.396 e. The molecule has 1 aromatic carbocycles. The van der Waals surface area contributed by atoms with Crippen molar-refractivity contribution in [3.8, 4) is 0 Å². The number of anilines is 1. The first-order valence-electron chi connectivity index (χ1n) is 4.66. The molecule has 82 valence electrons. The lowest BCUT2D eigenvalue weighted by molar-refractivity contribution is 0.632. The highest BCUT2D eigenvalue weighted by Crippen LogP contribution is 2.46. The Kier molecular flexibility index (Phi) is 3.69. The van der Waals surface area contributed by atoms with Crippen LogP contribution >= 0.6 is 35.1 Å².